The Morgan fingerprint density at radius 2 is 2.14 bits per heavy atom. The molecule has 1 aliphatic carbocycles. The van der Waals surface area contributed by atoms with Gasteiger partial charge in [0, 0.05) is 30.1 Å². The maximum absolute atomic E-state index is 9.04. The molecule has 0 bridgehead atoms. The van der Waals surface area contributed by atoms with Gasteiger partial charge in [-0.3, -0.25) is 0 Å². The fourth-order valence-corrected chi connectivity index (χ4v) is 5.33. The number of anilines is 1. The monoisotopic (exact) mass is 445 g/mol. The lowest BCUT2D eigenvalue weighted by molar-refractivity contribution is 0.0965. The first-order valence-electron chi connectivity index (χ1n) is 10.3. The number of nitriles is 1. The summed E-state index contributed by atoms with van der Waals surface area (Å²) in [5.74, 6) is 1.95. The first-order valence-corrected chi connectivity index (χ1v) is 11.1. The van der Waals surface area contributed by atoms with Gasteiger partial charge in [-0.25, -0.2) is 4.98 Å². The fraction of sp³-hybridized carbons (Fsp3) is 0.619. The first-order chi connectivity index (χ1) is 13.7. The molecule has 1 saturated heterocycles. The highest BCUT2D eigenvalue weighted by Crippen LogP contribution is 2.34. The van der Waals surface area contributed by atoms with Crippen molar-refractivity contribution in [2.24, 2.45) is 5.92 Å². The van der Waals surface area contributed by atoms with Gasteiger partial charge in [0.05, 0.1) is 10.7 Å². The zero-order valence-electron chi connectivity index (χ0n) is 16.4. The Kier molecular flexibility index (Phi) is 6.19. The zero-order valence-corrected chi connectivity index (χ0v) is 18.0. The Morgan fingerprint density at radius 3 is 2.89 bits per heavy atom. The van der Waals surface area contributed by atoms with Crippen LogP contribution in [0.15, 0.2) is 21.2 Å². The van der Waals surface area contributed by atoms with E-state index in [1.54, 1.807) is 12.3 Å². The summed E-state index contributed by atoms with van der Waals surface area (Å²) in [5, 5.41) is 16.9. The zero-order chi connectivity index (χ0) is 19.5. The Hall–Kier alpha value is -1.62. The van der Waals surface area contributed by atoms with Gasteiger partial charge in [0.25, 0.3) is 0 Å². The highest BCUT2D eigenvalue weighted by molar-refractivity contribution is 9.10. The minimum atomic E-state index is 0.313. The molecule has 2 aromatic rings. The molecule has 0 radical (unpaired) electrons. The van der Waals surface area contributed by atoms with Gasteiger partial charge < -0.3 is 20.0 Å². The summed E-state index contributed by atoms with van der Waals surface area (Å²) < 4.78 is 6.34. The van der Waals surface area contributed by atoms with Crippen molar-refractivity contribution in [3.63, 3.8) is 0 Å². The maximum atomic E-state index is 9.04. The van der Waals surface area contributed by atoms with Crippen molar-refractivity contribution in [3.8, 4) is 6.07 Å². The van der Waals surface area contributed by atoms with E-state index in [0.29, 0.717) is 17.4 Å². The summed E-state index contributed by atoms with van der Waals surface area (Å²) in [6, 6.07) is 4.98. The van der Waals surface area contributed by atoms with Crippen LogP contribution in [0.2, 0.25) is 0 Å². The minimum Gasteiger partial charge on any atom is -0.444 e. The Bertz CT molecular complexity index is 850. The number of piperidine rings is 1. The van der Waals surface area contributed by atoms with Crippen molar-refractivity contribution in [2.75, 3.05) is 32.0 Å². The molecule has 2 fully saturated rings. The molecule has 2 aliphatic rings. The van der Waals surface area contributed by atoms with Gasteiger partial charge >= 0.3 is 0 Å². The Labute approximate surface area is 174 Å². The van der Waals surface area contributed by atoms with Gasteiger partial charge in [0.15, 0.2) is 5.58 Å². The molecule has 0 spiro atoms. The second kappa shape index (κ2) is 8.81. The normalized spacial score (nSPS) is 26.2. The van der Waals surface area contributed by atoms with Crippen molar-refractivity contribution in [2.45, 2.75) is 50.6 Å². The van der Waals surface area contributed by atoms with Gasteiger partial charge in [-0.15, -0.1) is 0 Å². The number of nitrogens with zero attached hydrogens (tertiary/aromatic N) is 3. The van der Waals surface area contributed by atoms with Gasteiger partial charge in [-0.05, 0) is 80.5 Å². The molecule has 150 valence electrons. The van der Waals surface area contributed by atoms with Crippen LogP contribution in [-0.4, -0.2) is 48.6 Å². The van der Waals surface area contributed by atoms with Crippen LogP contribution in [0.3, 0.4) is 0 Å². The second-order valence-electron chi connectivity index (χ2n) is 8.13. The van der Waals surface area contributed by atoms with E-state index in [-0.39, 0.29) is 0 Å². The summed E-state index contributed by atoms with van der Waals surface area (Å²) in [4.78, 5) is 7.24. The summed E-state index contributed by atoms with van der Waals surface area (Å²) >= 11 is 3.64. The van der Waals surface area contributed by atoms with Crippen LogP contribution in [0, 0.1) is 17.2 Å². The molecule has 0 amide bonds. The molecule has 1 saturated carbocycles. The Morgan fingerprint density at radius 1 is 1.32 bits per heavy atom. The number of rotatable bonds is 5. The predicted molar refractivity (Wildman–Crippen MR) is 114 cm³/mol. The van der Waals surface area contributed by atoms with E-state index >= 15 is 0 Å². The van der Waals surface area contributed by atoms with Crippen molar-refractivity contribution in [3.05, 3.63) is 22.5 Å². The van der Waals surface area contributed by atoms with E-state index in [1.807, 2.05) is 6.07 Å². The maximum Gasteiger partial charge on any atom is 0.204 e. The van der Waals surface area contributed by atoms with E-state index in [0.717, 1.165) is 34.2 Å². The van der Waals surface area contributed by atoms with E-state index in [1.165, 1.54) is 51.6 Å². The molecule has 7 heteroatoms. The number of furan rings is 1. The average Bonchev–Trinajstić information content (AvgIpc) is 3.16. The summed E-state index contributed by atoms with van der Waals surface area (Å²) in [7, 11) is 2.06. The molecular weight excluding hydrogens is 418 g/mol. The molecule has 2 aromatic heterocycles. The molecule has 0 unspecified atom stereocenters. The smallest absolute Gasteiger partial charge is 0.204 e. The molecular formula is C21H28BrN5O. The summed E-state index contributed by atoms with van der Waals surface area (Å²) in [6.07, 6.45) is 9.21. The Balaban J connectivity index is 1.35. The number of aromatic nitrogens is 1. The molecule has 28 heavy (non-hydrogen) atoms. The number of pyridine rings is 1. The lowest BCUT2D eigenvalue weighted by Crippen LogP contribution is -2.47. The summed E-state index contributed by atoms with van der Waals surface area (Å²) in [5.41, 5.74) is 0.638. The largest absolute Gasteiger partial charge is 0.444 e. The van der Waals surface area contributed by atoms with E-state index < -0.39 is 0 Å². The second-order valence-corrected chi connectivity index (χ2v) is 8.92. The highest BCUT2D eigenvalue weighted by Gasteiger charge is 2.29. The van der Waals surface area contributed by atoms with Gasteiger partial charge in [-0.1, -0.05) is 0 Å². The number of hydrogen-bond donors (Lipinski definition) is 2. The molecule has 6 nitrogen and oxygen atoms in total. The molecule has 4 rings (SSSR count). The van der Waals surface area contributed by atoms with Crippen LogP contribution in [0.5, 0.6) is 0 Å². The van der Waals surface area contributed by atoms with Crippen LogP contribution in [0.1, 0.15) is 44.3 Å². The van der Waals surface area contributed by atoms with Crippen molar-refractivity contribution >= 4 is 32.7 Å². The number of likely N-dealkylation sites (tertiary alicyclic amines) is 1. The third kappa shape index (κ3) is 4.19. The topological polar surface area (TPSA) is 77.1 Å². The van der Waals surface area contributed by atoms with Crippen molar-refractivity contribution in [1.82, 2.24) is 15.2 Å². The lowest BCUT2D eigenvalue weighted by Gasteiger charge is -2.41. The van der Waals surface area contributed by atoms with Crippen molar-refractivity contribution in [1.29, 1.82) is 5.26 Å². The van der Waals surface area contributed by atoms with Crippen molar-refractivity contribution < 1.29 is 4.42 Å². The summed E-state index contributed by atoms with van der Waals surface area (Å²) in [6.45, 7) is 3.64. The van der Waals surface area contributed by atoms with E-state index in [9.17, 15) is 0 Å². The average molecular weight is 446 g/mol. The third-order valence-electron chi connectivity index (χ3n) is 6.22. The molecule has 1 atom stereocenters. The van der Waals surface area contributed by atoms with Crippen LogP contribution in [0.25, 0.3) is 11.0 Å². The molecule has 1 aliphatic heterocycles. The van der Waals surface area contributed by atoms with E-state index in [2.05, 4.69) is 43.5 Å². The number of halogens is 1. The third-order valence-corrected chi connectivity index (χ3v) is 7.03. The molecule has 3 heterocycles. The van der Waals surface area contributed by atoms with Crippen LogP contribution in [0.4, 0.5) is 5.82 Å². The predicted octanol–water partition coefficient (Wildman–Crippen LogP) is 4.12. The number of hydrogen-bond acceptors (Lipinski definition) is 6. The molecule has 2 N–H and O–H groups in total. The van der Waals surface area contributed by atoms with Crippen LogP contribution >= 0.6 is 15.9 Å². The SMILES string of the molecule is CNC[C@H]1CCCN(C2CCC(Nc3ncc4oc(C#N)cc4c3Br)CC2)C1. The quantitative estimate of drug-likeness (QED) is 0.720. The first kappa shape index (κ1) is 19.7. The van der Waals surface area contributed by atoms with Gasteiger partial charge in [0.1, 0.15) is 11.9 Å². The van der Waals surface area contributed by atoms with Gasteiger partial charge in [0.2, 0.25) is 5.76 Å². The highest BCUT2D eigenvalue weighted by atomic mass is 79.9. The van der Waals surface area contributed by atoms with Crippen LogP contribution in [-0.2, 0) is 0 Å². The lowest BCUT2D eigenvalue weighted by atomic mass is 9.87. The van der Waals surface area contributed by atoms with Crippen LogP contribution < -0.4 is 10.6 Å². The molecule has 0 aromatic carbocycles. The van der Waals surface area contributed by atoms with E-state index in [4.69, 9.17) is 9.68 Å². The number of fused-ring (bicyclic) bond motifs is 1. The van der Waals surface area contributed by atoms with Gasteiger partial charge in [-0.2, -0.15) is 5.26 Å². The standard InChI is InChI=1S/C21H28BrN5O/c1-24-11-14-3-2-8-27(13-14)16-6-4-15(5-7-16)26-21-20(22)18-9-17(10-23)28-19(18)12-25-21/h9,12,14-16,24H,2-8,11,13H2,1H3,(H,25,26)/t14-,15?,16?/m1/s1. The fourth-order valence-electron chi connectivity index (χ4n) is 4.80. The minimum absolute atomic E-state index is 0.313. The number of nitrogens with one attached hydrogen (secondary N) is 2.